The molecule has 7 heteroatoms. The Morgan fingerprint density at radius 3 is 1.93 bits per heavy atom. The molecule has 1 aliphatic carbocycles. The number of hydrogen-bond acceptors (Lipinski definition) is 6. The van der Waals surface area contributed by atoms with E-state index in [9.17, 15) is 25.4 Å². The number of halogens is 1. The van der Waals surface area contributed by atoms with Crippen molar-refractivity contribution in [2.45, 2.75) is 0 Å². The topological polar surface area (TPSA) is 121 Å². The number of rotatable bonds is 0. The Morgan fingerprint density at radius 2 is 1.37 bits per heavy atom. The first-order valence-corrected chi connectivity index (χ1v) is 7.62. The minimum atomic E-state index is -0.516. The Labute approximate surface area is 152 Å². The molecule has 2 aromatic carbocycles. The molecule has 1 heterocycles. The van der Waals surface area contributed by atoms with Gasteiger partial charge in [-0.05, 0) is 35.9 Å². The number of benzene rings is 2. The van der Waals surface area contributed by atoms with Crippen molar-refractivity contribution in [2.75, 3.05) is 0 Å². The van der Waals surface area contributed by atoms with Crippen LogP contribution in [0.5, 0.6) is 0 Å². The highest BCUT2D eigenvalue weighted by Crippen LogP contribution is 2.44. The summed E-state index contributed by atoms with van der Waals surface area (Å²) in [6, 6.07) is 14.4. The molecule has 0 spiro atoms. The molecule has 27 heavy (non-hydrogen) atoms. The van der Waals surface area contributed by atoms with E-state index in [-0.39, 0.29) is 28.0 Å². The molecule has 0 atom stereocenters. The molecular formula is C20H5FN6. The van der Waals surface area contributed by atoms with Crippen LogP contribution in [0.4, 0.5) is 4.39 Å². The predicted molar refractivity (Wildman–Crippen MR) is 91.6 cm³/mol. The molecule has 122 valence electrons. The van der Waals surface area contributed by atoms with Gasteiger partial charge in [-0.15, -0.1) is 0 Å². The van der Waals surface area contributed by atoms with Crippen molar-refractivity contribution < 1.29 is 4.39 Å². The van der Waals surface area contributed by atoms with E-state index in [1.54, 1.807) is 0 Å². The van der Waals surface area contributed by atoms with E-state index < -0.39 is 5.82 Å². The summed E-state index contributed by atoms with van der Waals surface area (Å²) < 4.78 is 13.8. The van der Waals surface area contributed by atoms with Crippen LogP contribution in [0.15, 0.2) is 35.9 Å². The van der Waals surface area contributed by atoms with Crippen molar-refractivity contribution in [1.29, 1.82) is 21.0 Å². The molecular weight excluding hydrogens is 343 g/mol. The third-order valence-electron chi connectivity index (χ3n) is 4.26. The molecule has 0 amide bonds. The van der Waals surface area contributed by atoms with Gasteiger partial charge in [0.2, 0.25) is 0 Å². The summed E-state index contributed by atoms with van der Waals surface area (Å²) in [4.78, 5) is 8.99. The summed E-state index contributed by atoms with van der Waals surface area (Å²) >= 11 is 0. The molecule has 0 saturated heterocycles. The molecule has 0 unspecified atom stereocenters. The molecule has 0 radical (unpaired) electrons. The van der Waals surface area contributed by atoms with Crippen LogP contribution in [0.3, 0.4) is 0 Å². The lowest BCUT2D eigenvalue weighted by Crippen LogP contribution is -1.96. The van der Waals surface area contributed by atoms with Crippen molar-refractivity contribution in [3.8, 4) is 35.5 Å². The predicted octanol–water partition coefficient (Wildman–Crippen LogP) is 3.34. The fourth-order valence-electron chi connectivity index (χ4n) is 3.10. The number of hydrogen-bond donors (Lipinski definition) is 0. The van der Waals surface area contributed by atoms with Gasteiger partial charge in [-0.3, -0.25) is 0 Å². The Kier molecular flexibility index (Phi) is 3.38. The minimum absolute atomic E-state index is 0.145. The standard InChI is InChI=1S/C20H5FN6/c21-13-1-2-14-15(5-13)18(12(8-24)9-25)20-19(14)26-16-3-10(6-22)11(7-23)4-17(16)27-20/h1-5H. The monoisotopic (exact) mass is 348 g/mol. The Morgan fingerprint density at radius 1 is 0.778 bits per heavy atom. The summed E-state index contributed by atoms with van der Waals surface area (Å²) in [6.07, 6.45) is 0. The fraction of sp³-hybridized carbons (Fsp3) is 0. The highest BCUT2D eigenvalue weighted by molar-refractivity contribution is 6.03. The maximum Gasteiger partial charge on any atom is 0.139 e. The molecule has 4 rings (SSSR count). The Bertz CT molecular complexity index is 1360. The lowest BCUT2D eigenvalue weighted by atomic mass is 10.0. The quantitative estimate of drug-likeness (QED) is 0.449. The zero-order valence-corrected chi connectivity index (χ0v) is 13.4. The molecule has 3 aromatic rings. The van der Waals surface area contributed by atoms with Gasteiger partial charge < -0.3 is 0 Å². The first-order chi connectivity index (χ1) is 13.1. The molecule has 1 aromatic heterocycles. The summed E-state index contributed by atoms with van der Waals surface area (Å²) in [5, 5.41) is 37.0. The normalized spacial score (nSPS) is 10.9. The van der Waals surface area contributed by atoms with E-state index in [0.29, 0.717) is 27.9 Å². The largest absolute Gasteiger partial charge is 0.244 e. The van der Waals surface area contributed by atoms with Crippen LogP contribution in [0, 0.1) is 51.1 Å². The van der Waals surface area contributed by atoms with Crippen LogP contribution in [0.25, 0.3) is 27.9 Å². The van der Waals surface area contributed by atoms with Crippen LogP contribution in [-0.2, 0) is 0 Å². The number of nitriles is 4. The molecule has 0 N–H and O–H groups in total. The van der Waals surface area contributed by atoms with Crippen molar-refractivity contribution in [2.24, 2.45) is 0 Å². The van der Waals surface area contributed by atoms with Gasteiger partial charge in [0.15, 0.2) is 0 Å². The lowest BCUT2D eigenvalue weighted by Gasteiger charge is -2.05. The third kappa shape index (κ3) is 2.21. The fourth-order valence-corrected chi connectivity index (χ4v) is 3.10. The van der Waals surface area contributed by atoms with Crippen LogP contribution in [0.1, 0.15) is 22.4 Å². The molecule has 6 nitrogen and oxygen atoms in total. The zero-order chi connectivity index (χ0) is 19.1. The van der Waals surface area contributed by atoms with Crippen LogP contribution < -0.4 is 0 Å². The average molecular weight is 348 g/mol. The van der Waals surface area contributed by atoms with E-state index in [1.807, 2.05) is 24.3 Å². The second-order valence-electron chi connectivity index (χ2n) is 5.69. The number of fused-ring (bicyclic) bond motifs is 4. The molecule has 0 fully saturated rings. The van der Waals surface area contributed by atoms with Gasteiger partial charge in [-0.2, -0.15) is 21.0 Å². The van der Waals surface area contributed by atoms with E-state index >= 15 is 0 Å². The first kappa shape index (κ1) is 15.9. The van der Waals surface area contributed by atoms with Crippen LogP contribution in [0.2, 0.25) is 0 Å². The lowest BCUT2D eigenvalue weighted by molar-refractivity contribution is 0.627. The summed E-state index contributed by atoms with van der Waals surface area (Å²) in [5.74, 6) is -0.516. The van der Waals surface area contributed by atoms with E-state index in [0.717, 1.165) is 0 Å². The summed E-state index contributed by atoms with van der Waals surface area (Å²) in [5.41, 5.74) is 2.61. The summed E-state index contributed by atoms with van der Waals surface area (Å²) in [6.45, 7) is 0. The van der Waals surface area contributed by atoms with Crippen molar-refractivity contribution in [3.05, 3.63) is 64.1 Å². The van der Waals surface area contributed by atoms with Crippen LogP contribution in [-0.4, -0.2) is 9.97 Å². The second-order valence-corrected chi connectivity index (χ2v) is 5.69. The Balaban J connectivity index is 2.16. The van der Waals surface area contributed by atoms with Gasteiger partial charge in [-0.25, -0.2) is 14.4 Å². The molecule has 0 saturated carbocycles. The van der Waals surface area contributed by atoms with Crippen LogP contribution >= 0.6 is 0 Å². The Hall–Kier alpha value is -4.59. The smallest absolute Gasteiger partial charge is 0.139 e. The van der Waals surface area contributed by atoms with Gasteiger partial charge >= 0.3 is 0 Å². The third-order valence-corrected chi connectivity index (χ3v) is 4.26. The highest BCUT2D eigenvalue weighted by atomic mass is 19.1. The molecule has 0 bridgehead atoms. The van der Waals surface area contributed by atoms with E-state index in [1.165, 1.54) is 30.3 Å². The minimum Gasteiger partial charge on any atom is -0.244 e. The van der Waals surface area contributed by atoms with Gasteiger partial charge in [0.25, 0.3) is 0 Å². The summed E-state index contributed by atoms with van der Waals surface area (Å²) in [7, 11) is 0. The van der Waals surface area contributed by atoms with E-state index in [2.05, 4.69) is 9.97 Å². The van der Waals surface area contributed by atoms with Gasteiger partial charge in [0.05, 0.1) is 33.5 Å². The molecule has 0 aliphatic heterocycles. The zero-order valence-electron chi connectivity index (χ0n) is 13.4. The molecule has 1 aliphatic rings. The van der Waals surface area contributed by atoms with Crippen molar-refractivity contribution >= 4 is 16.6 Å². The highest BCUT2D eigenvalue weighted by Gasteiger charge is 2.30. The number of nitrogens with zero attached hydrogens (tertiary/aromatic N) is 6. The maximum atomic E-state index is 13.8. The van der Waals surface area contributed by atoms with Gasteiger partial charge in [0, 0.05) is 11.1 Å². The average Bonchev–Trinajstić information content (AvgIpc) is 2.98. The van der Waals surface area contributed by atoms with Crippen molar-refractivity contribution in [1.82, 2.24) is 9.97 Å². The van der Waals surface area contributed by atoms with Crippen molar-refractivity contribution in [3.63, 3.8) is 0 Å². The SMILES string of the molecule is N#CC(C#N)=C1c2cc(F)ccc2-c2nc3cc(C#N)c(C#N)cc3nc21. The van der Waals surface area contributed by atoms with Gasteiger partial charge in [0.1, 0.15) is 35.7 Å². The number of aromatic nitrogens is 2. The number of allylic oxidation sites excluding steroid dienone is 1. The van der Waals surface area contributed by atoms with E-state index in [4.69, 9.17) is 0 Å². The second kappa shape index (κ2) is 5.74. The van der Waals surface area contributed by atoms with Gasteiger partial charge in [-0.1, -0.05) is 0 Å². The first-order valence-electron chi connectivity index (χ1n) is 7.62. The maximum absolute atomic E-state index is 13.8.